The first-order valence-corrected chi connectivity index (χ1v) is 9.40. The van der Waals surface area contributed by atoms with E-state index in [1.807, 2.05) is 0 Å². The van der Waals surface area contributed by atoms with Crippen molar-refractivity contribution >= 4 is 26.8 Å². The summed E-state index contributed by atoms with van der Waals surface area (Å²) in [6.07, 6.45) is 0.953. The Morgan fingerprint density at radius 2 is 1.86 bits per heavy atom. The molecule has 0 amide bonds. The lowest BCUT2D eigenvalue weighted by atomic mass is 10.2. The van der Waals surface area contributed by atoms with Crippen LogP contribution in [0.1, 0.15) is 34.7 Å². The lowest BCUT2D eigenvalue weighted by molar-refractivity contribution is 0.0691. The maximum absolute atomic E-state index is 12.4. The van der Waals surface area contributed by atoms with Gasteiger partial charge >= 0.3 is 5.97 Å². The number of aryl methyl sites for hydroxylation is 2. The average Bonchev–Trinajstić information content (AvgIpc) is 2.67. The third-order valence-electron chi connectivity index (χ3n) is 3.40. The third-order valence-corrected chi connectivity index (χ3v) is 6.45. The van der Waals surface area contributed by atoms with Crippen LogP contribution >= 0.6 is 0 Å². The van der Waals surface area contributed by atoms with E-state index in [1.54, 1.807) is 0 Å². The molecule has 1 aliphatic rings. The van der Waals surface area contributed by atoms with E-state index in [0.29, 0.717) is 24.3 Å². The summed E-state index contributed by atoms with van der Waals surface area (Å²) in [6.45, 7) is 2.84. The van der Waals surface area contributed by atoms with Crippen molar-refractivity contribution in [2.75, 3.05) is 11.5 Å². The second-order valence-electron chi connectivity index (χ2n) is 4.97. The van der Waals surface area contributed by atoms with Gasteiger partial charge in [-0.1, -0.05) is 0 Å². The Morgan fingerprint density at radius 3 is 2.38 bits per heavy atom. The monoisotopic (exact) mass is 335 g/mol. The van der Waals surface area contributed by atoms with E-state index >= 15 is 0 Å². The molecule has 9 heteroatoms. The van der Waals surface area contributed by atoms with Crippen molar-refractivity contribution in [2.24, 2.45) is 0 Å². The maximum atomic E-state index is 12.4. The molecule has 7 nitrogen and oxygen atoms in total. The van der Waals surface area contributed by atoms with Crippen LogP contribution in [0.5, 0.6) is 0 Å². The van der Waals surface area contributed by atoms with E-state index in [0.717, 1.165) is 0 Å². The van der Waals surface area contributed by atoms with Gasteiger partial charge in [0.25, 0.3) is 0 Å². The molecule has 0 unspecified atom stereocenters. The molecule has 21 heavy (non-hydrogen) atoms. The van der Waals surface area contributed by atoms with Gasteiger partial charge in [-0.2, -0.15) is 0 Å². The molecule has 2 N–H and O–H groups in total. The first-order chi connectivity index (χ1) is 9.72. The molecule has 0 aliphatic carbocycles. The number of hydrogen-bond acceptors (Lipinski definition) is 5. The molecule has 1 saturated heterocycles. The Morgan fingerprint density at radius 1 is 1.29 bits per heavy atom. The lowest BCUT2D eigenvalue weighted by Gasteiger charge is -2.22. The van der Waals surface area contributed by atoms with E-state index in [9.17, 15) is 22.5 Å². The van der Waals surface area contributed by atoms with Gasteiger partial charge in [0, 0.05) is 28.3 Å². The Balaban J connectivity index is 2.32. The second kappa shape index (κ2) is 5.90. The summed E-state index contributed by atoms with van der Waals surface area (Å²) in [4.78, 5) is 10.9. The molecule has 118 valence electrons. The topological polar surface area (TPSA) is 114 Å². The molecular formula is C12H17NO6S2. The van der Waals surface area contributed by atoms with Crippen LogP contribution < -0.4 is 4.72 Å². The number of sulfonamides is 1. The largest absolute Gasteiger partial charge is 0.478 e. The number of carboxylic acid groups (broad SMARTS) is 1. The summed E-state index contributed by atoms with van der Waals surface area (Å²) in [5.74, 6) is -0.332. The van der Waals surface area contributed by atoms with Crippen LogP contribution in [0.25, 0.3) is 0 Å². The van der Waals surface area contributed by atoms with Gasteiger partial charge in [-0.05, 0) is 26.7 Å². The van der Waals surface area contributed by atoms with Crippen LogP contribution in [0.4, 0.5) is 0 Å². The van der Waals surface area contributed by atoms with Gasteiger partial charge in [0.15, 0.2) is 0 Å². The molecule has 0 aromatic carbocycles. The summed E-state index contributed by atoms with van der Waals surface area (Å²) < 4.78 is 43.8. The van der Waals surface area contributed by atoms with E-state index in [1.165, 1.54) is 13.8 Å². The molecule has 0 atom stereocenters. The molecular weight excluding hydrogens is 318 g/mol. The van der Waals surface area contributed by atoms with E-state index in [2.05, 4.69) is 4.72 Å². The number of hydrogen-bond donors (Lipinski definition) is 2. The van der Waals surface area contributed by atoms with Crippen molar-refractivity contribution in [2.45, 2.75) is 37.6 Å². The zero-order valence-electron chi connectivity index (χ0n) is 11.7. The van der Waals surface area contributed by atoms with E-state index in [4.69, 9.17) is 4.42 Å². The van der Waals surface area contributed by atoms with Crippen LogP contribution in [0.2, 0.25) is 0 Å². The fourth-order valence-electron chi connectivity index (χ4n) is 2.42. The summed E-state index contributed by atoms with van der Waals surface area (Å²) in [5.41, 5.74) is -0.334. The SMILES string of the molecule is Cc1oc(C)c(S(=O)(=O)NC2CCS(=O)CC2)c1C(=O)O. The second-order valence-corrected chi connectivity index (χ2v) is 8.31. The summed E-state index contributed by atoms with van der Waals surface area (Å²) in [5, 5.41) is 9.17. The molecule has 1 aromatic rings. The van der Waals surface area contributed by atoms with Gasteiger partial charge in [0.2, 0.25) is 10.0 Å². The summed E-state index contributed by atoms with van der Waals surface area (Å²) in [7, 11) is -4.88. The van der Waals surface area contributed by atoms with Crippen LogP contribution in [0, 0.1) is 13.8 Å². The molecule has 0 radical (unpaired) electrons. The van der Waals surface area contributed by atoms with Crippen LogP contribution in [-0.2, 0) is 20.8 Å². The zero-order chi connectivity index (χ0) is 15.8. The van der Waals surface area contributed by atoms with Gasteiger partial charge < -0.3 is 9.52 Å². The molecule has 2 heterocycles. The summed E-state index contributed by atoms with van der Waals surface area (Å²) >= 11 is 0. The van der Waals surface area contributed by atoms with Crippen LogP contribution in [-0.4, -0.2) is 41.3 Å². The summed E-state index contributed by atoms with van der Waals surface area (Å²) in [6, 6.07) is -0.330. The molecule has 0 spiro atoms. The Kier molecular flexibility index (Phi) is 4.54. The number of carbonyl (C=O) groups is 1. The van der Waals surface area contributed by atoms with Gasteiger partial charge in [-0.25, -0.2) is 17.9 Å². The predicted molar refractivity (Wildman–Crippen MR) is 76.4 cm³/mol. The highest BCUT2D eigenvalue weighted by atomic mass is 32.2. The van der Waals surface area contributed by atoms with Crippen molar-refractivity contribution in [1.82, 2.24) is 4.72 Å². The van der Waals surface area contributed by atoms with Crippen LogP contribution in [0.3, 0.4) is 0 Å². The van der Waals surface area contributed by atoms with Gasteiger partial charge in [0.05, 0.1) is 0 Å². The van der Waals surface area contributed by atoms with Crippen LogP contribution in [0.15, 0.2) is 9.31 Å². The standard InChI is InChI=1S/C12H17NO6S2/c1-7-10(12(14)15)11(8(2)19-7)21(17,18)13-9-3-5-20(16)6-4-9/h9,13H,3-6H2,1-2H3,(H,14,15). The van der Waals surface area contributed by atoms with E-state index < -0.39 is 26.8 Å². The fourth-order valence-corrected chi connectivity index (χ4v) is 5.44. The minimum absolute atomic E-state index is 0.0526. The van der Waals surface area contributed by atoms with Crippen molar-refractivity contribution in [1.29, 1.82) is 0 Å². The number of furan rings is 1. The Bertz CT molecular complexity index is 681. The Hall–Kier alpha value is -1.19. The quantitative estimate of drug-likeness (QED) is 0.840. The van der Waals surface area contributed by atoms with Crippen molar-refractivity contribution in [3.05, 3.63) is 17.1 Å². The van der Waals surface area contributed by atoms with Crippen molar-refractivity contribution < 1.29 is 26.9 Å². The highest BCUT2D eigenvalue weighted by Gasteiger charge is 2.33. The zero-order valence-corrected chi connectivity index (χ0v) is 13.3. The maximum Gasteiger partial charge on any atom is 0.340 e. The number of rotatable bonds is 4. The number of carboxylic acids is 1. The average molecular weight is 335 g/mol. The molecule has 0 saturated carbocycles. The smallest absolute Gasteiger partial charge is 0.340 e. The molecule has 1 aromatic heterocycles. The van der Waals surface area contributed by atoms with E-state index in [-0.39, 0.29) is 28.0 Å². The lowest BCUT2D eigenvalue weighted by Crippen LogP contribution is -2.40. The molecule has 1 fully saturated rings. The molecule has 0 bridgehead atoms. The van der Waals surface area contributed by atoms with Gasteiger partial charge in [-0.3, -0.25) is 4.21 Å². The van der Waals surface area contributed by atoms with Crippen molar-refractivity contribution in [3.8, 4) is 0 Å². The first-order valence-electron chi connectivity index (χ1n) is 6.43. The fraction of sp³-hybridized carbons (Fsp3) is 0.583. The first kappa shape index (κ1) is 16.2. The molecule has 2 rings (SSSR count). The minimum atomic E-state index is -3.99. The third kappa shape index (κ3) is 3.35. The van der Waals surface area contributed by atoms with Gasteiger partial charge in [-0.15, -0.1) is 0 Å². The molecule has 1 aliphatic heterocycles. The predicted octanol–water partition coefficient (Wildman–Crippen LogP) is 0.784. The highest BCUT2D eigenvalue weighted by molar-refractivity contribution is 7.89. The highest BCUT2D eigenvalue weighted by Crippen LogP contribution is 2.27. The van der Waals surface area contributed by atoms with Crippen molar-refractivity contribution in [3.63, 3.8) is 0 Å². The number of aromatic carboxylic acids is 1. The van der Waals surface area contributed by atoms with Gasteiger partial charge in [0.1, 0.15) is 22.0 Å². The Labute approximate surface area is 125 Å². The minimum Gasteiger partial charge on any atom is -0.478 e. The normalized spacial score (nSPS) is 23.1. The number of nitrogens with one attached hydrogen (secondary N) is 1.